The van der Waals surface area contributed by atoms with Crippen LogP contribution in [0.5, 0.6) is 0 Å². The first-order valence-corrected chi connectivity index (χ1v) is 6.60. The zero-order valence-electron chi connectivity index (χ0n) is 11.4. The maximum Gasteiger partial charge on any atom is 0.117 e. The standard InChI is InChI=1S/C14H26N2O/c1-13(2)6-4-8-15-9-10-16(3)12-14-7-5-11-17-14/h5,7,11,13,15H,4,6,8-10,12H2,1-3H3. The van der Waals surface area contributed by atoms with Crippen molar-refractivity contribution in [3.8, 4) is 0 Å². The Morgan fingerprint density at radius 1 is 1.35 bits per heavy atom. The lowest BCUT2D eigenvalue weighted by Gasteiger charge is -2.15. The van der Waals surface area contributed by atoms with Gasteiger partial charge in [0.05, 0.1) is 12.8 Å². The van der Waals surface area contributed by atoms with Gasteiger partial charge in [0.1, 0.15) is 5.76 Å². The van der Waals surface area contributed by atoms with E-state index in [0.29, 0.717) is 0 Å². The van der Waals surface area contributed by atoms with Crippen LogP contribution in [0.25, 0.3) is 0 Å². The van der Waals surface area contributed by atoms with Crippen molar-refractivity contribution in [1.82, 2.24) is 10.2 Å². The Balaban J connectivity index is 1.95. The fraction of sp³-hybridized carbons (Fsp3) is 0.714. The third-order valence-corrected chi connectivity index (χ3v) is 2.81. The highest BCUT2D eigenvalue weighted by Crippen LogP contribution is 2.03. The molecule has 3 nitrogen and oxygen atoms in total. The molecule has 0 aliphatic rings. The van der Waals surface area contributed by atoms with Crippen molar-refractivity contribution in [3.05, 3.63) is 24.2 Å². The van der Waals surface area contributed by atoms with Crippen LogP contribution in [0.15, 0.2) is 22.8 Å². The van der Waals surface area contributed by atoms with E-state index in [1.165, 1.54) is 12.8 Å². The van der Waals surface area contributed by atoms with Crippen molar-refractivity contribution >= 4 is 0 Å². The first-order chi connectivity index (χ1) is 8.18. The Morgan fingerprint density at radius 2 is 2.18 bits per heavy atom. The summed E-state index contributed by atoms with van der Waals surface area (Å²) in [6.45, 7) is 8.68. The SMILES string of the molecule is CC(C)CCCNCCN(C)Cc1ccco1. The molecule has 0 spiro atoms. The highest BCUT2D eigenvalue weighted by Gasteiger charge is 2.01. The van der Waals surface area contributed by atoms with E-state index in [9.17, 15) is 0 Å². The Hall–Kier alpha value is -0.800. The molecule has 0 fully saturated rings. The van der Waals surface area contributed by atoms with Crippen molar-refractivity contribution in [1.29, 1.82) is 0 Å². The van der Waals surface area contributed by atoms with E-state index in [1.54, 1.807) is 6.26 Å². The van der Waals surface area contributed by atoms with Crippen LogP contribution >= 0.6 is 0 Å². The van der Waals surface area contributed by atoms with E-state index in [-0.39, 0.29) is 0 Å². The third-order valence-electron chi connectivity index (χ3n) is 2.81. The highest BCUT2D eigenvalue weighted by molar-refractivity contribution is 4.97. The van der Waals surface area contributed by atoms with E-state index < -0.39 is 0 Å². The van der Waals surface area contributed by atoms with Crippen molar-refractivity contribution in [3.63, 3.8) is 0 Å². The lowest BCUT2D eigenvalue weighted by molar-refractivity contribution is 0.293. The summed E-state index contributed by atoms with van der Waals surface area (Å²) in [6, 6.07) is 3.96. The van der Waals surface area contributed by atoms with Crippen molar-refractivity contribution < 1.29 is 4.42 Å². The van der Waals surface area contributed by atoms with E-state index in [4.69, 9.17) is 4.42 Å². The van der Waals surface area contributed by atoms with Gasteiger partial charge in [-0.25, -0.2) is 0 Å². The summed E-state index contributed by atoms with van der Waals surface area (Å²) in [6.07, 6.45) is 4.32. The molecule has 0 atom stereocenters. The number of nitrogens with one attached hydrogen (secondary N) is 1. The van der Waals surface area contributed by atoms with E-state index in [2.05, 4.69) is 31.1 Å². The van der Waals surface area contributed by atoms with Gasteiger partial charge in [0.25, 0.3) is 0 Å². The monoisotopic (exact) mass is 238 g/mol. The summed E-state index contributed by atoms with van der Waals surface area (Å²) >= 11 is 0. The van der Waals surface area contributed by atoms with Crippen molar-refractivity contribution in [2.24, 2.45) is 5.92 Å². The Kier molecular flexibility index (Phi) is 6.97. The lowest BCUT2D eigenvalue weighted by atomic mass is 10.1. The van der Waals surface area contributed by atoms with Crippen LogP contribution in [-0.2, 0) is 6.54 Å². The van der Waals surface area contributed by atoms with E-state index in [1.807, 2.05) is 12.1 Å². The Labute approximate surface area is 105 Å². The minimum atomic E-state index is 0.818. The molecule has 0 aliphatic carbocycles. The zero-order valence-corrected chi connectivity index (χ0v) is 11.4. The van der Waals surface area contributed by atoms with Gasteiger partial charge in [-0.2, -0.15) is 0 Å². The van der Waals surface area contributed by atoms with Crippen LogP contribution in [0.1, 0.15) is 32.4 Å². The second-order valence-electron chi connectivity index (χ2n) is 5.10. The molecular weight excluding hydrogens is 212 g/mol. The maximum atomic E-state index is 5.31. The molecular formula is C14H26N2O. The Bertz CT molecular complexity index is 270. The van der Waals surface area contributed by atoms with E-state index in [0.717, 1.165) is 37.9 Å². The number of furan rings is 1. The maximum absolute atomic E-state index is 5.31. The summed E-state index contributed by atoms with van der Waals surface area (Å²) in [7, 11) is 2.12. The fourth-order valence-electron chi connectivity index (χ4n) is 1.78. The van der Waals surface area contributed by atoms with Gasteiger partial charge in [-0.3, -0.25) is 4.90 Å². The number of likely N-dealkylation sites (N-methyl/N-ethyl adjacent to an activating group) is 1. The quantitative estimate of drug-likeness (QED) is 0.671. The molecule has 0 radical (unpaired) electrons. The lowest BCUT2D eigenvalue weighted by Crippen LogP contribution is -2.29. The fourth-order valence-corrected chi connectivity index (χ4v) is 1.78. The second kappa shape index (κ2) is 8.31. The molecule has 0 unspecified atom stereocenters. The first kappa shape index (κ1) is 14.3. The topological polar surface area (TPSA) is 28.4 Å². The number of rotatable bonds is 9. The van der Waals surface area contributed by atoms with Crippen molar-refractivity contribution in [2.75, 3.05) is 26.7 Å². The van der Waals surface area contributed by atoms with Crippen LogP contribution in [0.3, 0.4) is 0 Å². The van der Waals surface area contributed by atoms with Crippen LogP contribution in [0, 0.1) is 5.92 Å². The van der Waals surface area contributed by atoms with Crippen LogP contribution < -0.4 is 5.32 Å². The van der Waals surface area contributed by atoms with E-state index >= 15 is 0 Å². The second-order valence-corrected chi connectivity index (χ2v) is 5.10. The zero-order chi connectivity index (χ0) is 12.5. The normalized spacial score (nSPS) is 11.6. The molecule has 1 rings (SSSR count). The van der Waals surface area contributed by atoms with Crippen LogP contribution in [0.4, 0.5) is 0 Å². The van der Waals surface area contributed by atoms with Gasteiger partial charge in [-0.15, -0.1) is 0 Å². The molecule has 1 N–H and O–H groups in total. The highest BCUT2D eigenvalue weighted by atomic mass is 16.3. The molecule has 17 heavy (non-hydrogen) atoms. The largest absolute Gasteiger partial charge is 0.468 e. The summed E-state index contributed by atoms with van der Waals surface area (Å²) in [4.78, 5) is 2.27. The van der Waals surface area contributed by atoms with Gasteiger partial charge in [0.15, 0.2) is 0 Å². The average molecular weight is 238 g/mol. The van der Waals surface area contributed by atoms with Crippen LogP contribution in [-0.4, -0.2) is 31.6 Å². The first-order valence-electron chi connectivity index (χ1n) is 6.60. The molecule has 0 aliphatic heterocycles. The molecule has 0 saturated carbocycles. The van der Waals surface area contributed by atoms with Crippen LogP contribution in [0.2, 0.25) is 0 Å². The molecule has 1 aromatic heterocycles. The minimum Gasteiger partial charge on any atom is -0.468 e. The van der Waals surface area contributed by atoms with Gasteiger partial charge in [-0.1, -0.05) is 13.8 Å². The van der Waals surface area contributed by atoms with Gasteiger partial charge < -0.3 is 9.73 Å². The summed E-state index contributed by atoms with van der Waals surface area (Å²) in [5.74, 6) is 1.85. The molecule has 0 amide bonds. The molecule has 1 aromatic rings. The number of hydrogen-bond acceptors (Lipinski definition) is 3. The predicted molar refractivity (Wildman–Crippen MR) is 72.0 cm³/mol. The molecule has 0 bridgehead atoms. The minimum absolute atomic E-state index is 0.818. The number of nitrogens with zero attached hydrogens (tertiary/aromatic N) is 1. The number of hydrogen-bond donors (Lipinski definition) is 1. The third kappa shape index (κ3) is 7.18. The molecule has 3 heteroatoms. The summed E-state index contributed by atoms with van der Waals surface area (Å²) < 4.78 is 5.31. The summed E-state index contributed by atoms with van der Waals surface area (Å²) in [5.41, 5.74) is 0. The van der Waals surface area contributed by atoms with Crippen molar-refractivity contribution in [2.45, 2.75) is 33.2 Å². The van der Waals surface area contributed by atoms with Gasteiger partial charge in [0.2, 0.25) is 0 Å². The smallest absolute Gasteiger partial charge is 0.117 e. The molecule has 0 saturated heterocycles. The van der Waals surface area contributed by atoms with Gasteiger partial charge in [-0.05, 0) is 44.5 Å². The molecule has 98 valence electrons. The van der Waals surface area contributed by atoms with Gasteiger partial charge in [0, 0.05) is 13.1 Å². The summed E-state index contributed by atoms with van der Waals surface area (Å²) in [5, 5.41) is 3.48. The average Bonchev–Trinajstić information content (AvgIpc) is 2.75. The Morgan fingerprint density at radius 3 is 2.82 bits per heavy atom. The van der Waals surface area contributed by atoms with Gasteiger partial charge >= 0.3 is 0 Å². The molecule has 1 heterocycles. The molecule has 0 aromatic carbocycles. The predicted octanol–water partition coefficient (Wildman–Crippen LogP) is 2.74.